The molecule has 0 spiro atoms. The number of halogens is 4. The summed E-state index contributed by atoms with van der Waals surface area (Å²) in [5, 5.41) is 2.02. The van der Waals surface area contributed by atoms with Crippen molar-refractivity contribution in [3.8, 4) is 0 Å². The molecule has 0 bridgehead atoms. The summed E-state index contributed by atoms with van der Waals surface area (Å²) in [7, 11) is -3.17. The van der Waals surface area contributed by atoms with Gasteiger partial charge < -0.3 is 5.32 Å². The molecule has 1 aliphatic rings. The fourth-order valence-electron chi connectivity index (χ4n) is 2.22. The van der Waals surface area contributed by atoms with Gasteiger partial charge in [-0.15, -0.1) is 0 Å². The first-order valence-electron chi connectivity index (χ1n) is 6.02. The smallest absolute Gasteiger partial charge is 0.383 e. The van der Waals surface area contributed by atoms with Crippen LogP contribution < -0.4 is 5.32 Å². The molecule has 1 aromatic carbocycles. The van der Waals surface area contributed by atoms with Gasteiger partial charge in [0.1, 0.15) is 0 Å². The van der Waals surface area contributed by atoms with Crippen LogP contribution in [0.2, 0.25) is 0 Å². The van der Waals surface area contributed by atoms with Crippen molar-refractivity contribution in [3.05, 3.63) is 28.2 Å². The van der Waals surface area contributed by atoms with Crippen molar-refractivity contribution < 1.29 is 21.6 Å². The summed E-state index contributed by atoms with van der Waals surface area (Å²) in [6, 6.07) is 3.76. The van der Waals surface area contributed by atoms with Crippen molar-refractivity contribution in [1.82, 2.24) is 0 Å². The lowest BCUT2D eigenvalue weighted by Gasteiger charge is -2.17. The topological polar surface area (TPSA) is 46.2 Å². The van der Waals surface area contributed by atoms with Crippen molar-refractivity contribution in [2.45, 2.75) is 24.3 Å². The molecule has 1 saturated heterocycles. The molecule has 112 valence electrons. The SMILES string of the molecule is O=S1(=O)CCCC1CNc1ccc(Br)cc1C(F)(F)F. The van der Waals surface area contributed by atoms with Gasteiger partial charge in [-0.05, 0) is 31.0 Å². The molecule has 0 amide bonds. The maximum absolute atomic E-state index is 12.9. The standard InChI is InChI=1S/C12H13BrF3NO2S/c13-8-3-4-11(10(6-8)12(14,15)16)17-7-9-2-1-5-20(9,18)19/h3-4,6,9,17H,1-2,5,7H2. The van der Waals surface area contributed by atoms with Crippen molar-refractivity contribution in [3.63, 3.8) is 0 Å². The number of alkyl halides is 3. The number of hydrogen-bond donors (Lipinski definition) is 1. The molecule has 0 aromatic heterocycles. The van der Waals surface area contributed by atoms with E-state index in [-0.39, 0.29) is 18.0 Å². The van der Waals surface area contributed by atoms with Crippen LogP contribution >= 0.6 is 15.9 Å². The number of sulfone groups is 1. The highest BCUT2D eigenvalue weighted by Gasteiger charge is 2.35. The monoisotopic (exact) mass is 371 g/mol. The summed E-state index contributed by atoms with van der Waals surface area (Å²) in [5.41, 5.74) is -0.898. The van der Waals surface area contributed by atoms with Gasteiger partial charge in [0, 0.05) is 16.7 Å². The molecule has 1 heterocycles. The first-order valence-corrected chi connectivity index (χ1v) is 8.53. The molecule has 20 heavy (non-hydrogen) atoms. The molecule has 0 aliphatic carbocycles. The predicted octanol–water partition coefficient (Wildman–Crippen LogP) is 3.46. The summed E-state index contributed by atoms with van der Waals surface area (Å²) in [5.74, 6) is 0.117. The Hall–Kier alpha value is -0.760. The minimum atomic E-state index is -4.49. The van der Waals surface area contributed by atoms with Crippen molar-refractivity contribution in [1.29, 1.82) is 0 Å². The number of nitrogens with one attached hydrogen (secondary N) is 1. The Bertz CT molecular complexity index is 601. The molecule has 8 heteroatoms. The fraction of sp³-hybridized carbons (Fsp3) is 0.500. The highest BCUT2D eigenvalue weighted by molar-refractivity contribution is 9.10. The number of anilines is 1. The van der Waals surface area contributed by atoms with E-state index in [1.165, 1.54) is 12.1 Å². The van der Waals surface area contributed by atoms with Crippen LogP contribution in [0.3, 0.4) is 0 Å². The van der Waals surface area contributed by atoms with Gasteiger partial charge in [0.15, 0.2) is 9.84 Å². The van der Waals surface area contributed by atoms with Crippen LogP contribution in [-0.2, 0) is 16.0 Å². The maximum atomic E-state index is 12.9. The quantitative estimate of drug-likeness (QED) is 0.884. The van der Waals surface area contributed by atoms with E-state index in [4.69, 9.17) is 0 Å². The highest BCUT2D eigenvalue weighted by atomic mass is 79.9. The van der Waals surface area contributed by atoms with E-state index in [0.29, 0.717) is 17.3 Å². The van der Waals surface area contributed by atoms with E-state index in [1.807, 2.05) is 0 Å². The zero-order chi connectivity index (χ0) is 15.0. The van der Waals surface area contributed by atoms with E-state index in [0.717, 1.165) is 6.07 Å². The molecule has 1 unspecified atom stereocenters. The minimum absolute atomic E-state index is 0.00699. The highest BCUT2D eigenvalue weighted by Crippen LogP contribution is 2.36. The van der Waals surface area contributed by atoms with E-state index in [1.54, 1.807) is 0 Å². The Morgan fingerprint density at radius 2 is 2.05 bits per heavy atom. The second-order valence-electron chi connectivity index (χ2n) is 4.70. The minimum Gasteiger partial charge on any atom is -0.383 e. The molecular formula is C12H13BrF3NO2S. The average Bonchev–Trinajstić information content (AvgIpc) is 2.65. The molecular weight excluding hydrogens is 359 g/mol. The zero-order valence-electron chi connectivity index (χ0n) is 10.4. The van der Waals surface area contributed by atoms with Crippen molar-refractivity contribution >= 4 is 31.5 Å². The van der Waals surface area contributed by atoms with Crippen LogP contribution in [0.15, 0.2) is 22.7 Å². The number of benzene rings is 1. The fourth-order valence-corrected chi connectivity index (χ4v) is 4.34. The van der Waals surface area contributed by atoms with Crippen LogP contribution in [0.1, 0.15) is 18.4 Å². The molecule has 0 saturated carbocycles. The van der Waals surface area contributed by atoms with E-state index < -0.39 is 26.8 Å². The Morgan fingerprint density at radius 1 is 1.35 bits per heavy atom. The lowest BCUT2D eigenvalue weighted by atomic mass is 10.1. The van der Waals surface area contributed by atoms with Gasteiger partial charge in [0.2, 0.25) is 0 Å². The Balaban J connectivity index is 2.18. The predicted molar refractivity (Wildman–Crippen MR) is 74.4 cm³/mol. The molecule has 1 aromatic rings. The summed E-state index contributed by atoms with van der Waals surface area (Å²) < 4.78 is 62.3. The van der Waals surface area contributed by atoms with Crippen molar-refractivity contribution in [2.75, 3.05) is 17.6 Å². The third-order valence-corrected chi connectivity index (χ3v) is 6.04. The lowest BCUT2D eigenvalue weighted by molar-refractivity contribution is -0.137. The summed E-state index contributed by atoms with van der Waals surface area (Å²) >= 11 is 3.00. The van der Waals surface area contributed by atoms with Gasteiger partial charge in [0.05, 0.1) is 16.6 Å². The molecule has 1 N–H and O–H groups in total. The van der Waals surface area contributed by atoms with Gasteiger partial charge in [0.25, 0.3) is 0 Å². The maximum Gasteiger partial charge on any atom is 0.418 e. The first-order chi connectivity index (χ1) is 9.20. The summed E-state index contributed by atoms with van der Waals surface area (Å²) in [4.78, 5) is 0. The second kappa shape index (κ2) is 5.55. The molecule has 2 rings (SSSR count). The molecule has 1 fully saturated rings. The normalized spacial score (nSPS) is 21.9. The van der Waals surface area contributed by atoms with Crippen LogP contribution in [0.25, 0.3) is 0 Å². The lowest BCUT2D eigenvalue weighted by Crippen LogP contribution is -2.26. The van der Waals surface area contributed by atoms with Crippen LogP contribution in [0.5, 0.6) is 0 Å². The number of rotatable bonds is 3. The molecule has 1 atom stereocenters. The van der Waals surface area contributed by atoms with E-state index in [2.05, 4.69) is 21.2 Å². The van der Waals surface area contributed by atoms with Crippen LogP contribution in [0, 0.1) is 0 Å². The Morgan fingerprint density at radius 3 is 2.60 bits per heavy atom. The van der Waals surface area contributed by atoms with Gasteiger partial charge in [-0.25, -0.2) is 8.42 Å². The van der Waals surface area contributed by atoms with Gasteiger partial charge >= 0.3 is 6.18 Å². The van der Waals surface area contributed by atoms with Crippen LogP contribution in [-0.4, -0.2) is 26.0 Å². The van der Waals surface area contributed by atoms with Gasteiger partial charge in [-0.2, -0.15) is 13.2 Å². The zero-order valence-corrected chi connectivity index (χ0v) is 12.8. The third kappa shape index (κ3) is 3.46. The summed E-state index contributed by atoms with van der Waals surface area (Å²) in [6.45, 7) is 0.00699. The summed E-state index contributed by atoms with van der Waals surface area (Å²) in [6.07, 6.45) is -3.42. The van der Waals surface area contributed by atoms with Crippen LogP contribution in [0.4, 0.5) is 18.9 Å². The van der Waals surface area contributed by atoms with E-state index >= 15 is 0 Å². The Kier molecular flexibility index (Phi) is 4.34. The third-order valence-electron chi connectivity index (χ3n) is 3.27. The Labute approximate surface area is 123 Å². The first kappa shape index (κ1) is 15.6. The average molecular weight is 372 g/mol. The molecule has 0 radical (unpaired) electrons. The molecule has 3 nitrogen and oxygen atoms in total. The molecule has 1 aliphatic heterocycles. The van der Waals surface area contributed by atoms with Gasteiger partial charge in [-0.3, -0.25) is 0 Å². The van der Waals surface area contributed by atoms with Gasteiger partial charge in [-0.1, -0.05) is 15.9 Å². The second-order valence-corrected chi connectivity index (χ2v) is 8.02. The van der Waals surface area contributed by atoms with Crippen molar-refractivity contribution in [2.24, 2.45) is 0 Å². The number of hydrogen-bond acceptors (Lipinski definition) is 3. The van der Waals surface area contributed by atoms with E-state index in [9.17, 15) is 21.6 Å². The largest absolute Gasteiger partial charge is 0.418 e.